The molecule has 0 saturated heterocycles. The van der Waals surface area contributed by atoms with E-state index in [1.54, 1.807) is 32.7 Å². The van der Waals surface area contributed by atoms with Crippen molar-refractivity contribution in [2.75, 3.05) is 21.3 Å². The standard InChI is InChI=1S/C21H21NO3S/c1-14-5-8-16(9-6-14)17-13-26-20(22-17)10-7-15-11-18(23-2)21(25-4)19(12-15)24-3/h5-13H,1-4H3. The predicted molar refractivity (Wildman–Crippen MR) is 107 cm³/mol. The lowest BCUT2D eigenvalue weighted by Gasteiger charge is -2.12. The summed E-state index contributed by atoms with van der Waals surface area (Å²) in [4.78, 5) is 4.69. The molecule has 0 atom stereocenters. The van der Waals surface area contributed by atoms with Crippen LogP contribution in [0.5, 0.6) is 17.2 Å². The summed E-state index contributed by atoms with van der Waals surface area (Å²) >= 11 is 1.61. The second kappa shape index (κ2) is 8.06. The van der Waals surface area contributed by atoms with Crippen LogP contribution in [0.25, 0.3) is 23.4 Å². The zero-order chi connectivity index (χ0) is 18.5. The fourth-order valence-corrected chi connectivity index (χ4v) is 3.31. The summed E-state index contributed by atoms with van der Waals surface area (Å²) in [5.74, 6) is 1.85. The van der Waals surface area contributed by atoms with Crippen LogP contribution in [0.1, 0.15) is 16.1 Å². The second-order valence-electron chi connectivity index (χ2n) is 5.73. The Morgan fingerprint density at radius 1 is 0.885 bits per heavy atom. The van der Waals surface area contributed by atoms with Gasteiger partial charge in [0.15, 0.2) is 11.5 Å². The van der Waals surface area contributed by atoms with Crippen molar-refractivity contribution in [3.8, 4) is 28.5 Å². The van der Waals surface area contributed by atoms with Gasteiger partial charge >= 0.3 is 0 Å². The Balaban J connectivity index is 1.85. The summed E-state index contributed by atoms with van der Waals surface area (Å²) < 4.78 is 16.1. The van der Waals surface area contributed by atoms with E-state index in [4.69, 9.17) is 14.2 Å². The maximum atomic E-state index is 5.39. The highest BCUT2D eigenvalue weighted by Gasteiger charge is 2.12. The van der Waals surface area contributed by atoms with Gasteiger partial charge in [0.2, 0.25) is 5.75 Å². The molecule has 0 unspecified atom stereocenters. The van der Waals surface area contributed by atoms with E-state index in [9.17, 15) is 0 Å². The zero-order valence-electron chi connectivity index (χ0n) is 15.3. The lowest BCUT2D eigenvalue weighted by Crippen LogP contribution is -1.95. The molecule has 0 fully saturated rings. The molecule has 4 nitrogen and oxygen atoms in total. The fourth-order valence-electron chi connectivity index (χ4n) is 2.59. The number of benzene rings is 2. The molecule has 0 N–H and O–H groups in total. The highest BCUT2D eigenvalue weighted by Crippen LogP contribution is 2.38. The lowest BCUT2D eigenvalue weighted by atomic mass is 10.1. The molecule has 0 amide bonds. The number of methoxy groups -OCH3 is 3. The first-order chi connectivity index (χ1) is 12.6. The summed E-state index contributed by atoms with van der Waals surface area (Å²) in [5, 5.41) is 3.01. The Labute approximate surface area is 157 Å². The Morgan fingerprint density at radius 3 is 2.12 bits per heavy atom. The van der Waals surface area contributed by atoms with Gasteiger partial charge in [-0.15, -0.1) is 11.3 Å². The van der Waals surface area contributed by atoms with Crippen LogP contribution >= 0.6 is 11.3 Å². The van der Waals surface area contributed by atoms with Gasteiger partial charge in [0.1, 0.15) is 5.01 Å². The number of hydrogen-bond donors (Lipinski definition) is 0. The molecule has 26 heavy (non-hydrogen) atoms. The summed E-state index contributed by atoms with van der Waals surface area (Å²) in [6, 6.07) is 12.2. The quantitative estimate of drug-likeness (QED) is 0.592. The summed E-state index contributed by atoms with van der Waals surface area (Å²) in [7, 11) is 4.82. The Hall–Kier alpha value is -2.79. The van der Waals surface area contributed by atoms with Crippen LogP contribution in [0.2, 0.25) is 0 Å². The number of aryl methyl sites for hydroxylation is 1. The van der Waals surface area contributed by atoms with Crippen LogP contribution in [0.3, 0.4) is 0 Å². The molecule has 2 aromatic carbocycles. The SMILES string of the molecule is COc1cc(C=Cc2nc(-c3ccc(C)cc3)cs2)cc(OC)c1OC. The highest BCUT2D eigenvalue weighted by molar-refractivity contribution is 7.10. The van der Waals surface area contributed by atoms with E-state index in [1.165, 1.54) is 5.56 Å². The van der Waals surface area contributed by atoms with E-state index < -0.39 is 0 Å². The number of thiazole rings is 1. The average molecular weight is 367 g/mol. The molecule has 3 rings (SSSR count). The number of hydrogen-bond acceptors (Lipinski definition) is 5. The molecule has 1 aromatic heterocycles. The zero-order valence-corrected chi connectivity index (χ0v) is 16.1. The average Bonchev–Trinajstić information content (AvgIpc) is 3.15. The van der Waals surface area contributed by atoms with Crippen molar-refractivity contribution >= 4 is 23.5 Å². The van der Waals surface area contributed by atoms with Crippen LogP contribution in [0.4, 0.5) is 0 Å². The Morgan fingerprint density at radius 2 is 1.54 bits per heavy atom. The molecule has 0 bridgehead atoms. The third kappa shape index (κ3) is 3.89. The van der Waals surface area contributed by atoms with Gasteiger partial charge in [-0.3, -0.25) is 0 Å². The van der Waals surface area contributed by atoms with E-state index >= 15 is 0 Å². The number of rotatable bonds is 6. The van der Waals surface area contributed by atoms with Crippen molar-refractivity contribution in [2.45, 2.75) is 6.92 Å². The van der Waals surface area contributed by atoms with Crippen molar-refractivity contribution in [2.24, 2.45) is 0 Å². The molecule has 3 aromatic rings. The van der Waals surface area contributed by atoms with E-state index in [0.29, 0.717) is 17.2 Å². The Bertz CT molecular complexity index is 888. The van der Waals surface area contributed by atoms with Gasteiger partial charge in [0.05, 0.1) is 27.0 Å². The first-order valence-electron chi connectivity index (χ1n) is 8.15. The molecule has 0 aliphatic heterocycles. The minimum Gasteiger partial charge on any atom is -0.493 e. The fraction of sp³-hybridized carbons (Fsp3) is 0.190. The van der Waals surface area contributed by atoms with Gasteiger partial charge in [-0.1, -0.05) is 35.9 Å². The molecule has 0 spiro atoms. The van der Waals surface area contributed by atoms with Gasteiger partial charge in [-0.2, -0.15) is 0 Å². The summed E-state index contributed by atoms with van der Waals surface area (Å²) in [5.41, 5.74) is 4.30. The number of aromatic nitrogens is 1. The first kappa shape index (κ1) is 18.0. The van der Waals surface area contributed by atoms with Crippen molar-refractivity contribution in [3.05, 3.63) is 57.9 Å². The molecule has 0 aliphatic rings. The molecular formula is C21H21NO3S. The van der Waals surface area contributed by atoms with Crippen LogP contribution in [0.15, 0.2) is 41.8 Å². The highest BCUT2D eigenvalue weighted by atomic mass is 32.1. The molecule has 0 aliphatic carbocycles. The molecule has 0 radical (unpaired) electrons. The Kier molecular flexibility index (Phi) is 5.58. The third-order valence-corrected chi connectivity index (χ3v) is 4.78. The molecule has 0 saturated carbocycles. The van der Waals surface area contributed by atoms with Gasteiger partial charge < -0.3 is 14.2 Å². The van der Waals surface area contributed by atoms with E-state index in [-0.39, 0.29) is 0 Å². The van der Waals surface area contributed by atoms with E-state index in [2.05, 4.69) is 41.6 Å². The second-order valence-corrected chi connectivity index (χ2v) is 6.62. The molecular weight excluding hydrogens is 346 g/mol. The molecule has 1 heterocycles. The maximum Gasteiger partial charge on any atom is 0.203 e. The van der Waals surface area contributed by atoms with Crippen molar-refractivity contribution in [3.63, 3.8) is 0 Å². The van der Waals surface area contributed by atoms with Crippen LogP contribution < -0.4 is 14.2 Å². The van der Waals surface area contributed by atoms with Crippen LogP contribution in [0, 0.1) is 6.92 Å². The third-order valence-electron chi connectivity index (χ3n) is 3.97. The monoisotopic (exact) mass is 367 g/mol. The smallest absolute Gasteiger partial charge is 0.203 e. The van der Waals surface area contributed by atoms with Gasteiger partial charge in [-0.05, 0) is 30.7 Å². The van der Waals surface area contributed by atoms with Crippen molar-refractivity contribution < 1.29 is 14.2 Å². The van der Waals surface area contributed by atoms with Crippen molar-refractivity contribution in [1.29, 1.82) is 0 Å². The number of ether oxygens (including phenoxy) is 3. The van der Waals surface area contributed by atoms with E-state index in [0.717, 1.165) is 21.8 Å². The minimum atomic E-state index is 0.586. The topological polar surface area (TPSA) is 40.6 Å². The van der Waals surface area contributed by atoms with Gasteiger partial charge in [0.25, 0.3) is 0 Å². The maximum absolute atomic E-state index is 5.39. The normalized spacial score (nSPS) is 10.9. The summed E-state index contributed by atoms with van der Waals surface area (Å²) in [6.45, 7) is 2.08. The molecule has 134 valence electrons. The van der Waals surface area contributed by atoms with Crippen LogP contribution in [-0.4, -0.2) is 26.3 Å². The van der Waals surface area contributed by atoms with Gasteiger partial charge in [0, 0.05) is 10.9 Å². The van der Waals surface area contributed by atoms with E-state index in [1.807, 2.05) is 24.3 Å². The first-order valence-corrected chi connectivity index (χ1v) is 9.03. The predicted octanol–water partition coefficient (Wildman–Crippen LogP) is 5.31. The lowest BCUT2D eigenvalue weighted by molar-refractivity contribution is 0.324. The largest absolute Gasteiger partial charge is 0.493 e. The van der Waals surface area contributed by atoms with Crippen LogP contribution in [-0.2, 0) is 0 Å². The van der Waals surface area contributed by atoms with Crippen molar-refractivity contribution in [1.82, 2.24) is 4.98 Å². The number of nitrogens with zero attached hydrogens (tertiary/aromatic N) is 1. The minimum absolute atomic E-state index is 0.586. The summed E-state index contributed by atoms with van der Waals surface area (Å²) in [6.07, 6.45) is 3.98. The molecule has 5 heteroatoms. The van der Waals surface area contributed by atoms with Gasteiger partial charge in [-0.25, -0.2) is 4.98 Å².